The van der Waals surface area contributed by atoms with Gasteiger partial charge in [-0.3, -0.25) is 9.78 Å². The Balaban J connectivity index is 1.59. The zero-order chi connectivity index (χ0) is 23.0. The number of aromatic nitrogens is 2. The third-order valence-corrected chi connectivity index (χ3v) is 8.36. The van der Waals surface area contributed by atoms with Crippen LogP contribution in [-0.2, 0) is 23.6 Å². The van der Waals surface area contributed by atoms with Gasteiger partial charge in [0, 0.05) is 55.0 Å². The van der Waals surface area contributed by atoms with E-state index in [4.69, 9.17) is 17.3 Å². The number of sulfonamides is 1. The van der Waals surface area contributed by atoms with Crippen LogP contribution >= 0.6 is 11.6 Å². The summed E-state index contributed by atoms with van der Waals surface area (Å²) in [6.45, 7) is 2.60. The van der Waals surface area contributed by atoms with Gasteiger partial charge in [-0.2, -0.15) is 4.31 Å². The van der Waals surface area contributed by atoms with E-state index in [9.17, 15) is 13.2 Å². The highest BCUT2D eigenvalue weighted by molar-refractivity contribution is 7.89. The fraction of sp³-hybridized carbons (Fsp3) is 0.364. The number of rotatable bonds is 5. The van der Waals surface area contributed by atoms with Crippen molar-refractivity contribution in [2.24, 2.45) is 12.8 Å². The summed E-state index contributed by atoms with van der Waals surface area (Å²) in [5, 5.41) is 4.25. The Morgan fingerprint density at radius 2 is 2.12 bits per heavy atom. The zero-order valence-corrected chi connectivity index (χ0v) is 19.6. The van der Waals surface area contributed by atoms with Gasteiger partial charge in [0.25, 0.3) is 5.91 Å². The summed E-state index contributed by atoms with van der Waals surface area (Å²) in [6, 6.07) is 8.55. The summed E-state index contributed by atoms with van der Waals surface area (Å²) in [4.78, 5) is 17.4. The summed E-state index contributed by atoms with van der Waals surface area (Å²) in [7, 11) is -2.06. The minimum atomic E-state index is -3.74. The van der Waals surface area contributed by atoms with Crippen molar-refractivity contribution in [3.05, 3.63) is 58.5 Å². The first-order valence-electron chi connectivity index (χ1n) is 10.4. The Labute approximate surface area is 192 Å². The molecule has 32 heavy (non-hydrogen) atoms. The Bertz CT molecular complexity index is 1290. The maximum absolute atomic E-state index is 13.2. The van der Waals surface area contributed by atoms with Crippen LogP contribution in [-0.4, -0.2) is 47.3 Å². The Hall–Kier alpha value is -2.46. The zero-order valence-electron chi connectivity index (χ0n) is 18.0. The maximum atomic E-state index is 13.2. The number of piperidine rings is 1. The lowest BCUT2D eigenvalue weighted by molar-refractivity contribution is 0.0942. The topological polar surface area (TPSA) is 110 Å². The molecule has 1 aromatic carbocycles. The predicted molar refractivity (Wildman–Crippen MR) is 124 cm³/mol. The van der Waals surface area contributed by atoms with Gasteiger partial charge in [-0.15, -0.1) is 0 Å². The van der Waals surface area contributed by atoms with E-state index in [-0.39, 0.29) is 35.6 Å². The fourth-order valence-corrected chi connectivity index (χ4v) is 6.15. The molecule has 1 saturated heterocycles. The molecule has 4 rings (SSSR count). The van der Waals surface area contributed by atoms with Gasteiger partial charge in [0.1, 0.15) is 10.6 Å². The van der Waals surface area contributed by atoms with Crippen molar-refractivity contribution in [3.8, 4) is 0 Å². The Morgan fingerprint density at radius 1 is 1.34 bits per heavy atom. The van der Waals surface area contributed by atoms with Crippen LogP contribution in [0.2, 0.25) is 5.02 Å². The summed E-state index contributed by atoms with van der Waals surface area (Å²) in [5.74, 6) is -0.385. The number of carbonyl (C=O) groups excluding carboxylic acids is 1. The molecule has 1 atom stereocenters. The first-order chi connectivity index (χ1) is 15.2. The molecule has 1 fully saturated rings. The molecule has 1 amide bonds. The summed E-state index contributed by atoms with van der Waals surface area (Å²) < 4.78 is 29.4. The van der Waals surface area contributed by atoms with E-state index >= 15 is 0 Å². The second-order valence-corrected chi connectivity index (χ2v) is 10.4. The highest BCUT2D eigenvalue weighted by atomic mass is 35.5. The highest BCUT2D eigenvalue weighted by Gasteiger charge is 2.32. The number of nitrogens with zero attached hydrogens (tertiary/aromatic N) is 3. The van der Waals surface area contributed by atoms with Gasteiger partial charge in [-0.05, 0) is 49.6 Å². The van der Waals surface area contributed by atoms with Crippen molar-refractivity contribution in [3.63, 3.8) is 0 Å². The van der Waals surface area contributed by atoms with Crippen molar-refractivity contribution in [2.45, 2.75) is 37.2 Å². The minimum Gasteiger partial charge on any atom is -0.347 e. The first kappa shape index (κ1) is 22.7. The van der Waals surface area contributed by atoms with Crippen LogP contribution in [0.1, 0.15) is 34.6 Å². The molecule has 3 heterocycles. The number of pyridine rings is 1. The second kappa shape index (κ2) is 8.82. The van der Waals surface area contributed by atoms with Crippen LogP contribution < -0.4 is 11.1 Å². The SMILES string of the molecule is Cc1c(S(=O)(=O)N2CCCC(N)C2)cc(C(=O)NCc2c(Cl)ccc3ncccc23)n1C. The van der Waals surface area contributed by atoms with Gasteiger partial charge in [0.2, 0.25) is 10.0 Å². The van der Waals surface area contributed by atoms with Gasteiger partial charge in [0.15, 0.2) is 0 Å². The van der Waals surface area contributed by atoms with E-state index in [1.165, 1.54) is 10.4 Å². The van der Waals surface area contributed by atoms with Crippen molar-refractivity contribution in [1.82, 2.24) is 19.2 Å². The molecule has 170 valence electrons. The lowest BCUT2D eigenvalue weighted by atomic mass is 10.1. The summed E-state index contributed by atoms with van der Waals surface area (Å²) in [5.41, 5.74) is 8.28. The average Bonchev–Trinajstić information content (AvgIpc) is 3.08. The van der Waals surface area contributed by atoms with Gasteiger partial charge in [-0.1, -0.05) is 17.7 Å². The molecular formula is C22H26ClN5O3S. The second-order valence-electron chi connectivity index (χ2n) is 8.08. The van der Waals surface area contributed by atoms with Crippen molar-refractivity contribution >= 4 is 38.4 Å². The smallest absolute Gasteiger partial charge is 0.268 e. The molecular weight excluding hydrogens is 450 g/mol. The lowest BCUT2D eigenvalue weighted by Gasteiger charge is -2.29. The van der Waals surface area contributed by atoms with Crippen LogP contribution in [0.15, 0.2) is 41.4 Å². The maximum Gasteiger partial charge on any atom is 0.268 e. The van der Waals surface area contributed by atoms with Crippen molar-refractivity contribution < 1.29 is 13.2 Å². The van der Waals surface area contributed by atoms with Gasteiger partial charge >= 0.3 is 0 Å². The molecule has 0 radical (unpaired) electrons. The van der Waals surface area contributed by atoms with Crippen LogP contribution in [0, 0.1) is 6.92 Å². The normalized spacial score (nSPS) is 17.6. The van der Waals surface area contributed by atoms with E-state index in [1.54, 1.807) is 30.8 Å². The molecule has 0 spiro atoms. The van der Waals surface area contributed by atoms with Crippen LogP contribution in [0.3, 0.4) is 0 Å². The summed E-state index contributed by atoms with van der Waals surface area (Å²) in [6.07, 6.45) is 3.22. The van der Waals surface area contributed by atoms with Gasteiger partial charge in [0.05, 0.1) is 5.52 Å². The monoisotopic (exact) mass is 475 g/mol. The Kier molecular flexibility index (Phi) is 6.26. The Morgan fingerprint density at radius 3 is 2.88 bits per heavy atom. The molecule has 8 nitrogen and oxygen atoms in total. The summed E-state index contributed by atoms with van der Waals surface area (Å²) >= 11 is 6.37. The lowest BCUT2D eigenvalue weighted by Crippen LogP contribution is -2.45. The van der Waals surface area contributed by atoms with E-state index in [0.717, 1.165) is 29.3 Å². The molecule has 1 aliphatic heterocycles. The third kappa shape index (κ3) is 4.13. The molecule has 0 aliphatic carbocycles. The quantitative estimate of drug-likeness (QED) is 0.589. The van der Waals surface area contributed by atoms with Gasteiger partial charge < -0.3 is 15.6 Å². The van der Waals surface area contributed by atoms with Crippen molar-refractivity contribution in [1.29, 1.82) is 0 Å². The fourth-order valence-electron chi connectivity index (χ4n) is 4.11. The molecule has 2 aromatic heterocycles. The predicted octanol–water partition coefficient (Wildman–Crippen LogP) is 2.58. The number of fused-ring (bicyclic) bond motifs is 1. The molecule has 3 aromatic rings. The van der Waals surface area contributed by atoms with Gasteiger partial charge in [-0.25, -0.2) is 8.42 Å². The van der Waals surface area contributed by atoms with E-state index in [1.807, 2.05) is 18.2 Å². The largest absolute Gasteiger partial charge is 0.347 e. The number of nitrogens with two attached hydrogens (primary N) is 1. The number of amides is 1. The number of hydrogen-bond acceptors (Lipinski definition) is 5. The van der Waals surface area contributed by atoms with Crippen LogP contribution in [0.5, 0.6) is 0 Å². The first-order valence-corrected chi connectivity index (χ1v) is 12.2. The molecule has 3 N–H and O–H groups in total. The minimum absolute atomic E-state index is 0.131. The third-order valence-electron chi connectivity index (χ3n) is 6.03. The number of carbonyl (C=O) groups is 1. The number of benzene rings is 1. The number of nitrogens with one attached hydrogen (secondary N) is 1. The van der Waals surface area contributed by atoms with E-state index in [2.05, 4.69) is 10.3 Å². The van der Waals surface area contributed by atoms with Crippen LogP contribution in [0.25, 0.3) is 10.9 Å². The van der Waals surface area contributed by atoms with E-state index in [0.29, 0.717) is 17.3 Å². The average molecular weight is 476 g/mol. The number of halogens is 1. The molecule has 1 aliphatic rings. The van der Waals surface area contributed by atoms with Crippen molar-refractivity contribution in [2.75, 3.05) is 13.1 Å². The molecule has 1 unspecified atom stereocenters. The molecule has 0 bridgehead atoms. The molecule has 0 saturated carbocycles. The number of hydrogen-bond donors (Lipinski definition) is 2. The highest BCUT2D eigenvalue weighted by Crippen LogP contribution is 2.27. The van der Waals surface area contributed by atoms with Crippen LogP contribution in [0.4, 0.5) is 0 Å². The standard InChI is InChI=1S/C22H26ClN5O3S/c1-14-21(32(30,31)28-10-4-5-15(24)13-28)11-20(27(14)2)22(29)26-12-17-16-6-3-9-25-19(16)8-7-18(17)23/h3,6-9,11,15H,4-5,10,12-13,24H2,1-2H3,(H,26,29). The van der Waals surface area contributed by atoms with E-state index < -0.39 is 10.0 Å². The molecule has 10 heteroatoms.